The van der Waals surface area contributed by atoms with Crippen LogP contribution >= 0.6 is 0 Å². The van der Waals surface area contributed by atoms with Crippen LogP contribution in [-0.2, 0) is 5.41 Å². The van der Waals surface area contributed by atoms with Crippen molar-refractivity contribution in [3.05, 3.63) is 11.9 Å². The zero-order valence-corrected chi connectivity index (χ0v) is 11.9. The fourth-order valence-corrected chi connectivity index (χ4v) is 2.00. The van der Waals surface area contributed by atoms with Crippen LogP contribution in [0.5, 0.6) is 0 Å². The second-order valence-electron chi connectivity index (χ2n) is 6.46. The van der Waals surface area contributed by atoms with E-state index in [1.54, 1.807) is 0 Å². The number of hydrogen-bond donors (Lipinski definition) is 2. The quantitative estimate of drug-likeness (QED) is 0.860. The summed E-state index contributed by atoms with van der Waals surface area (Å²) in [5.74, 6) is 2.19. The largest absolute Gasteiger partial charge is 0.384 e. The van der Waals surface area contributed by atoms with Crippen LogP contribution in [-0.4, -0.2) is 16.5 Å². The average Bonchev–Trinajstić information content (AvgIpc) is 3.05. The van der Waals surface area contributed by atoms with Crippen molar-refractivity contribution in [1.29, 1.82) is 0 Å². The van der Waals surface area contributed by atoms with Gasteiger partial charge in [0.1, 0.15) is 17.5 Å². The predicted octanol–water partition coefficient (Wildman–Crippen LogP) is 2.96. The maximum atomic E-state index is 5.85. The highest BCUT2D eigenvalue weighted by molar-refractivity contribution is 5.45. The molecular formula is C14H24N4. The third-order valence-electron chi connectivity index (χ3n) is 3.77. The molecule has 0 aromatic carbocycles. The molecule has 0 saturated heterocycles. The molecular weight excluding hydrogens is 224 g/mol. The second kappa shape index (κ2) is 4.41. The van der Waals surface area contributed by atoms with Gasteiger partial charge >= 0.3 is 0 Å². The molecule has 1 saturated carbocycles. The SMILES string of the molecule is CCC1(CNc2cc(N)nc(C(C)(C)C)n2)CC1. The van der Waals surface area contributed by atoms with Crippen molar-refractivity contribution in [2.75, 3.05) is 17.6 Å². The van der Waals surface area contributed by atoms with Gasteiger partial charge < -0.3 is 11.1 Å². The lowest BCUT2D eigenvalue weighted by Gasteiger charge is -2.19. The van der Waals surface area contributed by atoms with E-state index in [0.29, 0.717) is 11.2 Å². The molecule has 4 heteroatoms. The molecule has 1 aromatic rings. The van der Waals surface area contributed by atoms with Gasteiger partial charge in [-0.3, -0.25) is 0 Å². The molecule has 3 N–H and O–H groups in total. The van der Waals surface area contributed by atoms with Gasteiger partial charge in [-0.25, -0.2) is 9.97 Å². The molecule has 4 nitrogen and oxygen atoms in total. The van der Waals surface area contributed by atoms with Crippen LogP contribution in [0.3, 0.4) is 0 Å². The molecule has 0 aliphatic heterocycles. The number of nitrogen functional groups attached to an aromatic ring is 1. The van der Waals surface area contributed by atoms with Crippen LogP contribution in [0.4, 0.5) is 11.6 Å². The minimum atomic E-state index is -0.0756. The van der Waals surface area contributed by atoms with Crippen LogP contribution < -0.4 is 11.1 Å². The molecule has 0 bridgehead atoms. The Morgan fingerprint density at radius 3 is 2.50 bits per heavy atom. The normalized spacial score (nSPS) is 17.6. The molecule has 1 aliphatic carbocycles. The summed E-state index contributed by atoms with van der Waals surface area (Å²) in [6.45, 7) is 9.53. The van der Waals surface area contributed by atoms with Gasteiger partial charge in [-0.05, 0) is 24.7 Å². The molecule has 1 fully saturated rings. The van der Waals surface area contributed by atoms with Crippen molar-refractivity contribution in [3.8, 4) is 0 Å². The van der Waals surface area contributed by atoms with Crippen molar-refractivity contribution in [2.45, 2.75) is 52.4 Å². The first-order valence-corrected chi connectivity index (χ1v) is 6.74. The summed E-state index contributed by atoms with van der Waals surface area (Å²) in [6, 6.07) is 1.82. The Hall–Kier alpha value is -1.32. The molecule has 100 valence electrons. The molecule has 0 atom stereocenters. The maximum absolute atomic E-state index is 5.85. The van der Waals surface area contributed by atoms with E-state index < -0.39 is 0 Å². The highest BCUT2D eigenvalue weighted by atomic mass is 15.1. The molecule has 0 spiro atoms. The number of anilines is 2. The zero-order valence-electron chi connectivity index (χ0n) is 11.9. The topological polar surface area (TPSA) is 63.8 Å². The van der Waals surface area contributed by atoms with Crippen LogP contribution in [0, 0.1) is 5.41 Å². The van der Waals surface area contributed by atoms with Crippen LogP contribution in [0.25, 0.3) is 0 Å². The van der Waals surface area contributed by atoms with Crippen molar-refractivity contribution < 1.29 is 0 Å². The average molecular weight is 248 g/mol. The first kappa shape index (κ1) is 13.1. The van der Waals surface area contributed by atoms with Gasteiger partial charge in [0.2, 0.25) is 0 Å². The number of nitrogens with two attached hydrogens (primary N) is 1. The number of hydrogen-bond acceptors (Lipinski definition) is 4. The Kier molecular flexibility index (Phi) is 3.21. The van der Waals surface area contributed by atoms with E-state index >= 15 is 0 Å². The number of nitrogens with zero attached hydrogens (tertiary/aromatic N) is 2. The molecule has 1 aromatic heterocycles. The highest BCUT2D eigenvalue weighted by Crippen LogP contribution is 2.48. The summed E-state index contributed by atoms with van der Waals surface area (Å²) in [6.07, 6.45) is 3.87. The Bertz CT molecular complexity index is 430. The van der Waals surface area contributed by atoms with E-state index in [4.69, 9.17) is 5.73 Å². The standard InChI is InChI=1S/C14H24N4/c1-5-14(6-7-14)9-16-11-8-10(15)17-12(18-11)13(2,3)4/h8H,5-7,9H2,1-4H3,(H3,15,16,17,18). The van der Waals surface area contributed by atoms with Gasteiger partial charge in [0.15, 0.2) is 0 Å². The highest BCUT2D eigenvalue weighted by Gasteiger charge is 2.40. The summed E-state index contributed by atoms with van der Waals surface area (Å²) in [5.41, 5.74) is 6.28. The lowest BCUT2D eigenvalue weighted by Crippen LogP contribution is -2.20. The molecule has 1 heterocycles. The van der Waals surface area contributed by atoms with Gasteiger partial charge in [0.05, 0.1) is 0 Å². The van der Waals surface area contributed by atoms with Crippen LogP contribution in [0.15, 0.2) is 6.07 Å². The third-order valence-corrected chi connectivity index (χ3v) is 3.77. The predicted molar refractivity (Wildman–Crippen MR) is 75.6 cm³/mol. The van der Waals surface area contributed by atoms with E-state index in [1.165, 1.54) is 19.3 Å². The Labute approximate surface area is 109 Å². The fraction of sp³-hybridized carbons (Fsp3) is 0.714. The molecule has 0 unspecified atom stereocenters. The monoisotopic (exact) mass is 248 g/mol. The first-order chi connectivity index (χ1) is 8.35. The minimum Gasteiger partial charge on any atom is -0.384 e. The van der Waals surface area contributed by atoms with Gasteiger partial charge in [0, 0.05) is 18.0 Å². The maximum Gasteiger partial charge on any atom is 0.138 e. The third kappa shape index (κ3) is 2.92. The lowest BCUT2D eigenvalue weighted by atomic mass is 9.96. The van der Waals surface area contributed by atoms with E-state index in [2.05, 4.69) is 43.0 Å². The first-order valence-electron chi connectivity index (χ1n) is 6.74. The van der Waals surface area contributed by atoms with Crippen molar-refractivity contribution in [3.63, 3.8) is 0 Å². The van der Waals surface area contributed by atoms with E-state index in [9.17, 15) is 0 Å². The summed E-state index contributed by atoms with van der Waals surface area (Å²) in [5, 5.41) is 3.42. The lowest BCUT2D eigenvalue weighted by molar-refractivity contribution is 0.518. The van der Waals surface area contributed by atoms with Gasteiger partial charge in [0.25, 0.3) is 0 Å². The van der Waals surface area contributed by atoms with E-state index in [-0.39, 0.29) is 5.41 Å². The van der Waals surface area contributed by atoms with Crippen LogP contribution in [0.2, 0.25) is 0 Å². The van der Waals surface area contributed by atoms with Crippen molar-refractivity contribution in [2.24, 2.45) is 5.41 Å². The summed E-state index contributed by atoms with van der Waals surface area (Å²) in [4.78, 5) is 8.88. The number of aromatic nitrogens is 2. The van der Waals surface area contributed by atoms with Gasteiger partial charge in [-0.2, -0.15) is 0 Å². The van der Waals surface area contributed by atoms with E-state index in [1.807, 2.05) is 6.07 Å². The summed E-state index contributed by atoms with van der Waals surface area (Å²) >= 11 is 0. The molecule has 2 rings (SSSR count). The van der Waals surface area contributed by atoms with Gasteiger partial charge in [-0.1, -0.05) is 27.7 Å². The Balaban J connectivity index is 2.11. The Morgan fingerprint density at radius 1 is 1.33 bits per heavy atom. The summed E-state index contributed by atoms with van der Waals surface area (Å²) in [7, 11) is 0. The molecule has 0 amide bonds. The number of nitrogens with one attached hydrogen (secondary N) is 1. The minimum absolute atomic E-state index is 0.0756. The van der Waals surface area contributed by atoms with Crippen molar-refractivity contribution >= 4 is 11.6 Å². The smallest absolute Gasteiger partial charge is 0.138 e. The van der Waals surface area contributed by atoms with Crippen molar-refractivity contribution in [1.82, 2.24) is 9.97 Å². The molecule has 18 heavy (non-hydrogen) atoms. The fourth-order valence-electron chi connectivity index (χ4n) is 2.00. The number of rotatable bonds is 4. The van der Waals surface area contributed by atoms with E-state index in [0.717, 1.165) is 18.2 Å². The zero-order chi connectivity index (χ0) is 13.4. The Morgan fingerprint density at radius 2 is 2.00 bits per heavy atom. The second-order valence-corrected chi connectivity index (χ2v) is 6.46. The molecule has 1 aliphatic rings. The molecule has 0 radical (unpaired) electrons. The summed E-state index contributed by atoms with van der Waals surface area (Å²) < 4.78 is 0. The van der Waals surface area contributed by atoms with Crippen LogP contribution in [0.1, 0.15) is 52.8 Å². The van der Waals surface area contributed by atoms with Gasteiger partial charge in [-0.15, -0.1) is 0 Å².